The molecule has 5 heteroatoms. The molecule has 13 heavy (non-hydrogen) atoms. The Labute approximate surface area is 72.7 Å². The molecule has 0 aliphatic heterocycles. The fourth-order valence-corrected chi connectivity index (χ4v) is 1.18. The van der Waals surface area contributed by atoms with Crippen LogP contribution in [0.1, 0.15) is 0 Å². The molecule has 2 aromatic heterocycles. The number of pyridine rings is 1. The molecule has 0 aliphatic carbocycles. The van der Waals surface area contributed by atoms with E-state index in [0.717, 1.165) is 0 Å². The van der Waals surface area contributed by atoms with Gasteiger partial charge in [0, 0.05) is 13.1 Å². The molecule has 0 spiro atoms. The number of hydrogen-bond donors (Lipinski definition) is 1. The molecule has 0 unspecified atom stereocenters. The highest BCUT2D eigenvalue weighted by molar-refractivity contribution is 5.72. The third-order valence-corrected chi connectivity index (χ3v) is 1.83. The van der Waals surface area contributed by atoms with Crippen LogP contribution in [0, 0.1) is 0 Å². The van der Waals surface area contributed by atoms with Crippen LogP contribution in [0.5, 0.6) is 0 Å². The number of nitrogens with zero attached hydrogens (tertiary/aromatic N) is 2. The summed E-state index contributed by atoms with van der Waals surface area (Å²) in [7, 11) is 1.71. The summed E-state index contributed by atoms with van der Waals surface area (Å²) in [6.07, 6.45) is 1.38. The van der Waals surface area contributed by atoms with Crippen molar-refractivity contribution >= 4 is 11.0 Å². The minimum atomic E-state index is -0.329. The van der Waals surface area contributed by atoms with Gasteiger partial charge in [-0.1, -0.05) is 0 Å². The van der Waals surface area contributed by atoms with E-state index >= 15 is 0 Å². The first-order chi connectivity index (χ1) is 6.18. The van der Waals surface area contributed by atoms with Crippen LogP contribution in [0.3, 0.4) is 0 Å². The smallest absolute Gasteiger partial charge is 0.282 e. The van der Waals surface area contributed by atoms with Crippen molar-refractivity contribution in [3.63, 3.8) is 0 Å². The maximum Gasteiger partial charge on any atom is 0.282 e. The number of aromatic nitrogens is 3. The van der Waals surface area contributed by atoms with Gasteiger partial charge in [-0.2, -0.15) is 4.98 Å². The number of aromatic amines is 1. The molecule has 1 N–H and O–H groups in total. The summed E-state index contributed by atoms with van der Waals surface area (Å²) in [5, 5.41) is 0.421. The first-order valence-electron chi connectivity index (χ1n) is 3.73. The molecule has 0 amide bonds. The lowest BCUT2D eigenvalue weighted by molar-refractivity contribution is 0.880. The Morgan fingerprint density at radius 3 is 2.92 bits per heavy atom. The number of hydrogen-bond acceptors (Lipinski definition) is 3. The Kier molecular flexibility index (Phi) is 1.51. The SMILES string of the molecule is Cn1cnc(=O)c2ccc(=O)[nH]c21. The van der Waals surface area contributed by atoms with Gasteiger partial charge in [0.2, 0.25) is 5.56 Å². The highest BCUT2D eigenvalue weighted by Gasteiger charge is 2.00. The average Bonchev–Trinajstić information content (AvgIpc) is 2.12. The zero-order valence-corrected chi connectivity index (χ0v) is 6.94. The molecule has 2 aromatic rings. The molecule has 0 aromatic carbocycles. The second-order valence-corrected chi connectivity index (χ2v) is 2.75. The lowest BCUT2D eigenvalue weighted by Crippen LogP contribution is -2.15. The Hall–Kier alpha value is -1.91. The summed E-state index contributed by atoms with van der Waals surface area (Å²) >= 11 is 0. The molecule has 2 rings (SSSR count). The van der Waals surface area contributed by atoms with E-state index < -0.39 is 0 Å². The molecule has 0 atom stereocenters. The van der Waals surface area contributed by atoms with Crippen molar-refractivity contribution in [1.29, 1.82) is 0 Å². The van der Waals surface area contributed by atoms with Crippen molar-refractivity contribution in [2.75, 3.05) is 0 Å². The predicted octanol–water partition coefficient (Wildman–Crippen LogP) is -0.378. The van der Waals surface area contributed by atoms with Crippen LogP contribution in [0.4, 0.5) is 0 Å². The van der Waals surface area contributed by atoms with Crippen LogP contribution >= 0.6 is 0 Å². The highest BCUT2D eigenvalue weighted by Crippen LogP contribution is 1.99. The second kappa shape index (κ2) is 2.55. The number of aryl methyl sites for hydroxylation is 1. The maximum absolute atomic E-state index is 11.2. The largest absolute Gasteiger partial charge is 0.321 e. The molecule has 0 fully saturated rings. The van der Waals surface area contributed by atoms with Crippen LogP contribution < -0.4 is 11.1 Å². The van der Waals surface area contributed by atoms with E-state index in [1.807, 2.05) is 0 Å². The molecule has 2 heterocycles. The van der Waals surface area contributed by atoms with Crippen molar-refractivity contribution in [3.05, 3.63) is 39.2 Å². The lowest BCUT2D eigenvalue weighted by Gasteiger charge is -2.01. The van der Waals surface area contributed by atoms with Gasteiger partial charge in [0.05, 0.1) is 5.39 Å². The summed E-state index contributed by atoms with van der Waals surface area (Å²) in [6, 6.07) is 2.79. The van der Waals surface area contributed by atoms with Gasteiger partial charge in [-0.05, 0) is 6.07 Å². The summed E-state index contributed by atoms with van der Waals surface area (Å²) in [6.45, 7) is 0. The van der Waals surface area contributed by atoms with Crippen molar-refractivity contribution in [3.8, 4) is 0 Å². The molecule has 66 valence electrons. The van der Waals surface area contributed by atoms with Gasteiger partial charge in [-0.25, -0.2) is 0 Å². The van der Waals surface area contributed by atoms with Crippen molar-refractivity contribution in [2.45, 2.75) is 0 Å². The number of nitrogens with one attached hydrogen (secondary N) is 1. The van der Waals surface area contributed by atoms with Gasteiger partial charge in [0.1, 0.15) is 12.0 Å². The van der Waals surface area contributed by atoms with Crippen molar-refractivity contribution < 1.29 is 0 Å². The zero-order valence-electron chi connectivity index (χ0n) is 6.94. The van der Waals surface area contributed by atoms with Crippen LogP contribution in [0.15, 0.2) is 28.0 Å². The first-order valence-corrected chi connectivity index (χ1v) is 3.73. The van der Waals surface area contributed by atoms with Crippen LogP contribution in [-0.2, 0) is 7.05 Å². The molecule has 0 saturated carbocycles. The minimum Gasteiger partial charge on any atom is -0.321 e. The van der Waals surface area contributed by atoms with Gasteiger partial charge >= 0.3 is 0 Å². The van der Waals surface area contributed by atoms with Gasteiger partial charge < -0.3 is 9.55 Å². The quantitative estimate of drug-likeness (QED) is 0.596. The molecule has 0 saturated heterocycles. The first kappa shape index (κ1) is 7.72. The van der Waals surface area contributed by atoms with Crippen LogP contribution in [0.2, 0.25) is 0 Å². The maximum atomic E-state index is 11.2. The summed E-state index contributed by atoms with van der Waals surface area (Å²) in [5.41, 5.74) is -0.0643. The number of rotatable bonds is 0. The topological polar surface area (TPSA) is 67.8 Å². The van der Waals surface area contributed by atoms with E-state index in [4.69, 9.17) is 0 Å². The van der Waals surface area contributed by atoms with E-state index in [2.05, 4.69) is 9.97 Å². The second-order valence-electron chi connectivity index (χ2n) is 2.75. The van der Waals surface area contributed by atoms with E-state index in [9.17, 15) is 9.59 Å². The monoisotopic (exact) mass is 177 g/mol. The van der Waals surface area contributed by atoms with Crippen molar-refractivity contribution in [2.24, 2.45) is 7.05 Å². The average molecular weight is 177 g/mol. The molecule has 0 radical (unpaired) electrons. The Bertz CT molecular complexity index is 567. The van der Waals surface area contributed by atoms with Gasteiger partial charge in [0.25, 0.3) is 5.56 Å². The van der Waals surface area contributed by atoms with Gasteiger partial charge in [-0.15, -0.1) is 0 Å². The normalized spacial score (nSPS) is 10.5. The number of H-pyrrole nitrogens is 1. The Balaban J connectivity index is 3.09. The molecule has 0 bridgehead atoms. The number of fused-ring (bicyclic) bond motifs is 1. The standard InChI is InChI=1S/C8H7N3O2/c1-11-4-9-8(13)5-2-3-6(12)10-7(5)11/h2-4H,1H3,(H,10,12). The third kappa shape index (κ3) is 1.14. The predicted molar refractivity (Wildman–Crippen MR) is 47.6 cm³/mol. The Morgan fingerprint density at radius 2 is 2.15 bits per heavy atom. The van der Waals surface area contributed by atoms with E-state index in [1.165, 1.54) is 18.5 Å². The summed E-state index contributed by atoms with van der Waals surface area (Å²) in [4.78, 5) is 28.3. The van der Waals surface area contributed by atoms with E-state index in [0.29, 0.717) is 11.0 Å². The van der Waals surface area contributed by atoms with Gasteiger partial charge in [0.15, 0.2) is 0 Å². The fourth-order valence-electron chi connectivity index (χ4n) is 1.18. The zero-order chi connectivity index (χ0) is 9.42. The molecule has 5 nitrogen and oxygen atoms in total. The van der Waals surface area contributed by atoms with E-state index in [-0.39, 0.29) is 11.1 Å². The fraction of sp³-hybridized carbons (Fsp3) is 0.125. The van der Waals surface area contributed by atoms with Crippen LogP contribution in [-0.4, -0.2) is 14.5 Å². The minimum absolute atomic E-state index is 0.228. The molecular formula is C8H7N3O2. The summed E-state index contributed by atoms with van der Waals surface area (Å²) in [5.74, 6) is 0. The van der Waals surface area contributed by atoms with E-state index in [1.54, 1.807) is 11.6 Å². The lowest BCUT2D eigenvalue weighted by atomic mass is 10.3. The summed E-state index contributed by atoms with van der Waals surface area (Å²) < 4.78 is 1.60. The highest BCUT2D eigenvalue weighted by atomic mass is 16.1. The molecule has 0 aliphatic rings. The third-order valence-electron chi connectivity index (χ3n) is 1.83. The van der Waals surface area contributed by atoms with Crippen molar-refractivity contribution in [1.82, 2.24) is 14.5 Å². The van der Waals surface area contributed by atoms with Gasteiger partial charge in [-0.3, -0.25) is 9.59 Å². The van der Waals surface area contributed by atoms with Crippen LogP contribution in [0.25, 0.3) is 11.0 Å². The Morgan fingerprint density at radius 1 is 1.38 bits per heavy atom. The molecular weight excluding hydrogens is 170 g/mol.